The largest absolute Gasteiger partial charge is 0.451 e. The quantitative estimate of drug-likeness (QED) is 0.653. The van der Waals surface area contributed by atoms with Crippen LogP contribution in [0.3, 0.4) is 0 Å². The number of carbonyl (C=O) groups is 2. The van der Waals surface area contributed by atoms with Crippen molar-refractivity contribution in [3.63, 3.8) is 0 Å². The average molecular weight is 389 g/mol. The summed E-state index contributed by atoms with van der Waals surface area (Å²) in [5, 5.41) is 4.14. The van der Waals surface area contributed by atoms with Crippen LogP contribution >= 0.6 is 23.4 Å². The number of para-hydroxylation sites is 1. The highest BCUT2D eigenvalue weighted by Crippen LogP contribution is 2.25. The van der Waals surface area contributed by atoms with Crippen molar-refractivity contribution in [2.24, 2.45) is 0 Å². The molecule has 3 rings (SSSR count). The molecule has 3 aromatic rings. The van der Waals surface area contributed by atoms with Crippen molar-refractivity contribution in [3.05, 3.63) is 59.3 Å². The number of thioether (sulfide) groups is 1. The van der Waals surface area contributed by atoms with Gasteiger partial charge in [-0.3, -0.25) is 9.59 Å². The summed E-state index contributed by atoms with van der Waals surface area (Å²) >= 11 is 7.49. The van der Waals surface area contributed by atoms with E-state index < -0.39 is 0 Å². The third-order valence-corrected chi connectivity index (χ3v) is 4.83. The molecule has 5 nitrogen and oxygen atoms in total. The summed E-state index contributed by atoms with van der Waals surface area (Å²) in [6, 6.07) is 14.3. The van der Waals surface area contributed by atoms with Crippen LogP contribution in [0, 0.1) is 0 Å². The molecule has 0 saturated heterocycles. The second-order valence-electron chi connectivity index (χ2n) is 5.70. The van der Waals surface area contributed by atoms with Crippen LogP contribution in [0.4, 0.5) is 5.69 Å². The molecule has 1 aromatic heterocycles. The van der Waals surface area contributed by atoms with Gasteiger partial charge in [-0.05, 0) is 42.7 Å². The highest BCUT2D eigenvalue weighted by molar-refractivity contribution is 7.98. The summed E-state index contributed by atoms with van der Waals surface area (Å²) in [5.41, 5.74) is 1.30. The lowest BCUT2D eigenvalue weighted by atomic mass is 10.2. The fourth-order valence-corrected chi connectivity index (χ4v) is 3.27. The molecule has 1 heterocycles. The first-order chi connectivity index (χ1) is 12.5. The number of furan rings is 1. The Labute approximate surface area is 160 Å². The highest BCUT2D eigenvalue weighted by atomic mass is 35.5. The molecular weight excluding hydrogens is 372 g/mol. The SMILES string of the molecule is CSc1ccccc1NC(=O)CN(C)C(=O)c1cc2cc(Cl)ccc2o1. The summed E-state index contributed by atoms with van der Waals surface area (Å²) in [6.45, 7) is -0.0840. The maximum atomic E-state index is 12.5. The Morgan fingerprint density at radius 3 is 2.73 bits per heavy atom. The molecule has 7 heteroatoms. The minimum Gasteiger partial charge on any atom is -0.451 e. The van der Waals surface area contributed by atoms with Gasteiger partial charge in [0.15, 0.2) is 5.76 Å². The number of hydrogen-bond donors (Lipinski definition) is 1. The Kier molecular flexibility index (Phi) is 5.54. The van der Waals surface area contributed by atoms with Crippen LogP contribution in [0.15, 0.2) is 57.8 Å². The van der Waals surface area contributed by atoms with Gasteiger partial charge >= 0.3 is 0 Å². The standard InChI is InChI=1S/C19H17ClN2O3S/c1-22(11-18(23)21-14-5-3-4-6-17(14)26-2)19(24)16-10-12-9-13(20)7-8-15(12)25-16/h3-10H,11H2,1-2H3,(H,21,23). The van der Waals surface area contributed by atoms with Gasteiger partial charge < -0.3 is 14.6 Å². The third kappa shape index (κ3) is 4.03. The number of likely N-dealkylation sites (N-methyl/N-ethyl adjacent to an activating group) is 1. The maximum Gasteiger partial charge on any atom is 0.289 e. The van der Waals surface area contributed by atoms with Crippen molar-refractivity contribution in [2.45, 2.75) is 4.90 Å². The summed E-state index contributed by atoms with van der Waals surface area (Å²) in [5.74, 6) is -0.478. The zero-order chi connectivity index (χ0) is 18.7. The number of anilines is 1. The Morgan fingerprint density at radius 2 is 1.96 bits per heavy atom. The summed E-state index contributed by atoms with van der Waals surface area (Å²) in [4.78, 5) is 27.1. The Bertz CT molecular complexity index is 970. The molecular formula is C19H17ClN2O3S. The normalized spacial score (nSPS) is 10.7. The molecule has 0 unspecified atom stereocenters. The van der Waals surface area contributed by atoms with Crippen LogP contribution in [-0.2, 0) is 4.79 Å². The number of amides is 2. The van der Waals surface area contributed by atoms with Crippen molar-refractivity contribution in [1.82, 2.24) is 4.90 Å². The molecule has 2 amide bonds. The van der Waals surface area contributed by atoms with Crippen LogP contribution in [-0.4, -0.2) is 36.6 Å². The molecule has 26 heavy (non-hydrogen) atoms. The summed E-state index contributed by atoms with van der Waals surface area (Å²) < 4.78 is 5.56. The van der Waals surface area contributed by atoms with Crippen molar-refractivity contribution in [1.29, 1.82) is 0 Å². The third-order valence-electron chi connectivity index (χ3n) is 3.80. The van der Waals surface area contributed by atoms with Gasteiger partial charge in [0.05, 0.1) is 12.2 Å². The summed E-state index contributed by atoms with van der Waals surface area (Å²) in [7, 11) is 1.56. The van der Waals surface area contributed by atoms with E-state index in [1.807, 2.05) is 30.5 Å². The van der Waals surface area contributed by atoms with Gasteiger partial charge in [0.2, 0.25) is 5.91 Å². The van der Waals surface area contributed by atoms with Gasteiger partial charge in [-0.25, -0.2) is 0 Å². The van der Waals surface area contributed by atoms with E-state index in [9.17, 15) is 9.59 Å². The van der Waals surface area contributed by atoms with Gasteiger partial charge in [-0.2, -0.15) is 0 Å². The lowest BCUT2D eigenvalue weighted by Gasteiger charge is -2.16. The lowest BCUT2D eigenvalue weighted by Crippen LogP contribution is -2.34. The topological polar surface area (TPSA) is 62.6 Å². The fraction of sp³-hybridized carbons (Fsp3) is 0.158. The number of nitrogens with one attached hydrogen (secondary N) is 1. The van der Waals surface area contributed by atoms with Crippen molar-refractivity contribution in [3.8, 4) is 0 Å². The molecule has 1 N–H and O–H groups in total. The van der Waals surface area contributed by atoms with E-state index in [1.54, 1.807) is 43.1 Å². The lowest BCUT2D eigenvalue weighted by molar-refractivity contribution is -0.116. The van der Waals surface area contributed by atoms with E-state index in [1.165, 1.54) is 4.90 Å². The van der Waals surface area contributed by atoms with Gasteiger partial charge in [0.1, 0.15) is 5.58 Å². The first-order valence-corrected chi connectivity index (χ1v) is 9.45. The van der Waals surface area contributed by atoms with Gasteiger partial charge in [0.25, 0.3) is 5.91 Å². The molecule has 2 aromatic carbocycles. The van der Waals surface area contributed by atoms with E-state index in [2.05, 4.69) is 5.32 Å². The molecule has 0 aliphatic rings. The van der Waals surface area contributed by atoms with Crippen molar-refractivity contribution in [2.75, 3.05) is 25.2 Å². The Hall–Kier alpha value is -2.44. The van der Waals surface area contributed by atoms with E-state index in [4.69, 9.17) is 16.0 Å². The predicted molar refractivity (Wildman–Crippen MR) is 105 cm³/mol. The minimum atomic E-state index is -0.370. The van der Waals surface area contributed by atoms with Gasteiger partial charge in [0, 0.05) is 22.4 Å². The molecule has 0 aliphatic heterocycles. The number of halogens is 1. The van der Waals surface area contributed by atoms with E-state index >= 15 is 0 Å². The van der Waals surface area contributed by atoms with E-state index in [-0.39, 0.29) is 24.1 Å². The molecule has 0 spiro atoms. The molecule has 0 atom stereocenters. The van der Waals surface area contributed by atoms with Crippen LogP contribution < -0.4 is 5.32 Å². The second kappa shape index (κ2) is 7.85. The molecule has 0 aliphatic carbocycles. The second-order valence-corrected chi connectivity index (χ2v) is 6.99. The minimum absolute atomic E-state index is 0.0840. The Morgan fingerprint density at radius 1 is 1.19 bits per heavy atom. The zero-order valence-corrected chi connectivity index (χ0v) is 15.9. The van der Waals surface area contributed by atoms with Crippen molar-refractivity contribution < 1.29 is 14.0 Å². The van der Waals surface area contributed by atoms with Crippen molar-refractivity contribution >= 4 is 51.8 Å². The number of fused-ring (bicyclic) bond motifs is 1. The van der Waals surface area contributed by atoms with E-state index in [0.717, 1.165) is 16.0 Å². The Balaban J connectivity index is 1.69. The zero-order valence-electron chi connectivity index (χ0n) is 14.3. The number of carbonyl (C=O) groups excluding carboxylic acids is 2. The van der Waals surface area contributed by atoms with Crippen LogP contribution in [0.1, 0.15) is 10.6 Å². The molecule has 0 saturated carbocycles. The van der Waals surface area contributed by atoms with E-state index in [0.29, 0.717) is 10.6 Å². The number of nitrogens with zero attached hydrogens (tertiary/aromatic N) is 1. The molecule has 0 bridgehead atoms. The number of benzene rings is 2. The molecule has 0 fully saturated rings. The summed E-state index contributed by atoms with van der Waals surface area (Å²) in [6.07, 6.45) is 1.94. The van der Waals surface area contributed by atoms with Gasteiger partial charge in [-0.1, -0.05) is 23.7 Å². The number of rotatable bonds is 5. The smallest absolute Gasteiger partial charge is 0.289 e. The first-order valence-electron chi connectivity index (χ1n) is 7.85. The maximum absolute atomic E-state index is 12.5. The average Bonchev–Trinajstić information content (AvgIpc) is 3.04. The fourth-order valence-electron chi connectivity index (χ4n) is 2.53. The van der Waals surface area contributed by atoms with Crippen LogP contribution in [0.25, 0.3) is 11.0 Å². The van der Waals surface area contributed by atoms with Crippen LogP contribution in [0.2, 0.25) is 5.02 Å². The predicted octanol–water partition coefficient (Wildman–Crippen LogP) is 4.52. The number of hydrogen-bond acceptors (Lipinski definition) is 4. The van der Waals surface area contributed by atoms with Gasteiger partial charge in [-0.15, -0.1) is 11.8 Å². The monoisotopic (exact) mass is 388 g/mol. The molecule has 0 radical (unpaired) electrons. The van der Waals surface area contributed by atoms with Crippen LogP contribution in [0.5, 0.6) is 0 Å². The molecule has 134 valence electrons. The highest BCUT2D eigenvalue weighted by Gasteiger charge is 2.19. The first kappa shape index (κ1) is 18.4.